The number of hydrogen-bond acceptors (Lipinski definition) is 2. The molecule has 1 aromatic heterocycles. The minimum Gasteiger partial charge on any atom is -0.241 e. The largest absolute Gasteiger partial charge is 0.241 e. The first-order valence-corrected chi connectivity index (χ1v) is 6.66. The molecule has 0 fully saturated rings. The summed E-state index contributed by atoms with van der Waals surface area (Å²) in [4.78, 5) is 8.81. The minimum absolute atomic E-state index is 0.263. The van der Waals surface area contributed by atoms with Gasteiger partial charge in [-0.25, -0.2) is 9.97 Å². The van der Waals surface area contributed by atoms with E-state index in [1.807, 2.05) is 26.2 Å². The molecule has 1 rings (SSSR count). The summed E-state index contributed by atoms with van der Waals surface area (Å²) in [6, 6.07) is 0. The van der Waals surface area contributed by atoms with Gasteiger partial charge in [0.05, 0.1) is 0 Å². The van der Waals surface area contributed by atoms with Crippen LogP contribution in [0, 0.1) is 11.3 Å². The molecule has 0 N–H and O–H groups in total. The summed E-state index contributed by atoms with van der Waals surface area (Å²) in [5.41, 5.74) is 1.50. The third-order valence-corrected chi connectivity index (χ3v) is 2.09. The van der Waals surface area contributed by atoms with Crippen LogP contribution in [0.4, 0.5) is 0 Å². The van der Waals surface area contributed by atoms with E-state index < -0.39 is 0 Å². The number of rotatable bonds is 3. The van der Waals surface area contributed by atoms with Gasteiger partial charge in [-0.3, -0.25) is 0 Å². The molecule has 17 heavy (non-hydrogen) atoms. The second-order valence-electron chi connectivity index (χ2n) is 5.84. The fourth-order valence-corrected chi connectivity index (χ4v) is 1.52. The topological polar surface area (TPSA) is 25.8 Å². The van der Waals surface area contributed by atoms with E-state index in [2.05, 4.69) is 44.6 Å². The van der Waals surface area contributed by atoms with Gasteiger partial charge >= 0.3 is 0 Å². The van der Waals surface area contributed by atoms with Crippen molar-refractivity contribution < 1.29 is 0 Å². The molecule has 0 unspecified atom stereocenters. The summed E-state index contributed by atoms with van der Waals surface area (Å²) in [5.74, 6) is 1.62. The van der Waals surface area contributed by atoms with Gasteiger partial charge < -0.3 is 0 Å². The molecule has 0 saturated heterocycles. The Morgan fingerprint density at radius 3 is 1.88 bits per heavy atom. The van der Waals surface area contributed by atoms with Gasteiger partial charge in [-0.1, -0.05) is 48.5 Å². The summed E-state index contributed by atoms with van der Waals surface area (Å²) < 4.78 is 0. The van der Waals surface area contributed by atoms with Crippen molar-refractivity contribution in [3.63, 3.8) is 0 Å². The Morgan fingerprint density at radius 2 is 1.53 bits per heavy atom. The molecule has 0 aliphatic heterocycles. The molecular weight excluding hydrogens is 208 g/mol. The van der Waals surface area contributed by atoms with E-state index in [9.17, 15) is 0 Å². The molecule has 0 amide bonds. The van der Waals surface area contributed by atoms with E-state index in [1.165, 1.54) is 5.56 Å². The molecule has 0 bridgehead atoms. The van der Waals surface area contributed by atoms with Crippen LogP contribution in [0.5, 0.6) is 0 Å². The standard InChI is InChI=1S/C13H22N2.C2H6/c1-10(2)6-11-8-14-12(15-9-11)7-13(3,4)5;1-2/h8-10H,6-7H2,1-5H3;1-2H3. The molecule has 2 heteroatoms. The predicted octanol–water partition coefficient (Wildman–Crippen LogP) is 4.29. The Bertz CT molecular complexity index is 294. The summed E-state index contributed by atoms with van der Waals surface area (Å²) in [7, 11) is 0. The maximum atomic E-state index is 4.41. The van der Waals surface area contributed by atoms with Gasteiger partial charge in [-0.2, -0.15) is 0 Å². The lowest BCUT2D eigenvalue weighted by Crippen LogP contribution is -2.12. The van der Waals surface area contributed by atoms with E-state index in [1.54, 1.807) is 0 Å². The van der Waals surface area contributed by atoms with Gasteiger partial charge in [0.2, 0.25) is 0 Å². The number of aromatic nitrogens is 2. The Morgan fingerprint density at radius 1 is 1.06 bits per heavy atom. The summed E-state index contributed by atoms with van der Waals surface area (Å²) in [6.07, 6.45) is 5.94. The molecule has 0 saturated carbocycles. The molecule has 2 nitrogen and oxygen atoms in total. The van der Waals surface area contributed by atoms with Gasteiger partial charge in [0.1, 0.15) is 5.82 Å². The normalized spacial score (nSPS) is 11.1. The first-order valence-electron chi connectivity index (χ1n) is 6.66. The van der Waals surface area contributed by atoms with Crippen LogP contribution >= 0.6 is 0 Å². The van der Waals surface area contributed by atoms with E-state index in [4.69, 9.17) is 0 Å². The number of hydrogen-bond donors (Lipinski definition) is 0. The smallest absolute Gasteiger partial charge is 0.128 e. The fourth-order valence-electron chi connectivity index (χ4n) is 1.52. The first kappa shape index (κ1) is 16.1. The summed E-state index contributed by atoms with van der Waals surface area (Å²) in [6.45, 7) is 15.0. The molecule has 1 heterocycles. The molecule has 98 valence electrons. The molecular formula is C15H28N2. The number of nitrogens with zero attached hydrogens (tertiary/aromatic N) is 2. The zero-order valence-corrected chi connectivity index (χ0v) is 12.5. The Hall–Kier alpha value is -0.920. The van der Waals surface area contributed by atoms with Crippen LogP contribution < -0.4 is 0 Å². The third kappa shape index (κ3) is 7.89. The van der Waals surface area contributed by atoms with Crippen molar-refractivity contribution in [1.82, 2.24) is 9.97 Å². The molecule has 1 aromatic rings. The van der Waals surface area contributed by atoms with Gasteiger partial charge in [0.25, 0.3) is 0 Å². The predicted molar refractivity (Wildman–Crippen MR) is 75.1 cm³/mol. The Balaban J connectivity index is 0.00000121. The molecule has 0 atom stereocenters. The van der Waals surface area contributed by atoms with Gasteiger partial charge in [0.15, 0.2) is 0 Å². The Labute approximate surface area is 107 Å². The lowest BCUT2D eigenvalue weighted by atomic mass is 9.92. The van der Waals surface area contributed by atoms with E-state index >= 15 is 0 Å². The highest BCUT2D eigenvalue weighted by atomic mass is 14.9. The van der Waals surface area contributed by atoms with Crippen molar-refractivity contribution in [2.75, 3.05) is 0 Å². The zero-order valence-electron chi connectivity index (χ0n) is 12.5. The zero-order chi connectivity index (χ0) is 13.5. The van der Waals surface area contributed by atoms with Crippen molar-refractivity contribution in [2.45, 2.75) is 61.3 Å². The second-order valence-corrected chi connectivity index (χ2v) is 5.84. The van der Waals surface area contributed by atoms with Crippen LogP contribution in [0.2, 0.25) is 0 Å². The van der Waals surface area contributed by atoms with Crippen LogP contribution in [-0.4, -0.2) is 9.97 Å². The summed E-state index contributed by atoms with van der Waals surface area (Å²) >= 11 is 0. The van der Waals surface area contributed by atoms with E-state index in [0.29, 0.717) is 5.92 Å². The second kappa shape index (κ2) is 7.41. The SMILES string of the molecule is CC.CC(C)Cc1cnc(CC(C)(C)C)nc1. The monoisotopic (exact) mass is 236 g/mol. The van der Waals surface area contributed by atoms with Crippen LogP contribution in [0.25, 0.3) is 0 Å². The molecule has 0 aliphatic rings. The molecule has 0 aliphatic carbocycles. The lowest BCUT2D eigenvalue weighted by Gasteiger charge is -2.16. The van der Waals surface area contributed by atoms with Crippen molar-refractivity contribution >= 4 is 0 Å². The molecule has 0 radical (unpaired) electrons. The van der Waals surface area contributed by atoms with E-state index in [-0.39, 0.29) is 5.41 Å². The van der Waals surface area contributed by atoms with Crippen LogP contribution in [-0.2, 0) is 12.8 Å². The van der Waals surface area contributed by atoms with Gasteiger partial charge in [-0.05, 0) is 23.3 Å². The fraction of sp³-hybridized carbons (Fsp3) is 0.733. The summed E-state index contributed by atoms with van der Waals surface area (Å²) in [5, 5.41) is 0. The van der Waals surface area contributed by atoms with Gasteiger partial charge in [-0.15, -0.1) is 0 Å². The third-order valence-electron chi connectivity index (χ3n) is 2.09. The highest BCUT2D eigenvalue weighted by Gasteiger charge is 2.13. The maximum Gasteiger partial charge on any atom is 0.128 e. The quantitative estimate of drug-likeness (QED) is 0.782. The maximum absolute atomic E-state index is 4.41. The average molecular weight is 236 g/mol. The van der Waals surface area contributed by atoms with Crippen molar-refractivity contribution in [3.8, 4) is 0 Å². The van der Waals surface area contributed by atoms with Crippen LogP contribution in [0.15, 0.2) is 12.4 Å². The molecule has 0 spiro atoms. The van der Waals surface area contributed by atoms with Crippen LogP contribution in [0.1, 0.15) is 59.9 Å². The highest BCUT2D eigenvalue weighted by Crippen LogP contribution is 2.18. The highest BCUT2D eigenvalue weighted by molar-refractivity contribution is 5.06. The lowest BCUT2D eigenvalue weighted by molar-refractivity contribution is 0.400. The van der Waals surface area contributed by atoms with Crippen molar-refractivity contribution in [3.05, 3.63) is 23.8 Å². The van der Waals surface area contributed by atoms with E-state index in [0.717, 1.165) is 18.7 Å². The first-order chi connectivity index (χ1) is 7.87. The van der Waals surface area contributed by atoms with Gasteiger partial charge in [0, 0.05) is 18.8 Å². The van der Waals surface area contributed by atoms with Crippen molar-refractivity contribution in [2.24, 2.45) is 11.3 Å². The minimum atomic E-state index is 0.263. The van der Waals surface area contributed by atoms with Crippen molar-refractivity contribution in [1.29, 1.82) is 0 Å². The molecule has 0 aromatic carbocycles. The Kier molecular flexibility index (Phi) is 7.01. The van der Waals surface area contributed by atoms with Crippen LogP contribution in [0.3, 0.4) is 0 Å². The average Bonchev–Trinajstić information content (AvgIpc) is 2.21.